The SMILES string of the molecule is C=CC1(CC)OC1(C)C[C@H](C)OCC. The van der Waals surface area contributed by atoms with Crippen molar-refractivity contribution >= 4 is 0 Å². The van der Waals surface area contributed by atoms with Crippen LogP contribution >= 0.6 is 0 Å². The smallest absolute Gasteiger partial charge is 0.115 e. The van der Waals surface area contributed by atoms with Gasteiger partial charge >= 0.3 is 0 Å². The molecule has 0 saturated carbocycles. The number of hydrogen-bond donors (Lipinski definition) is 0. The third-order valence-corrected chi connectivity index (χ3v) is 3.24. The van der Waals surface area contributed by atoms with Gasteiger partial charge in [-0.05, 0) is 27.2 Å². The minimum Gasteiger partial charge on any atom is -0.379 e. The van der Waals surface area contributed by atoms with Crippen molar-refractivity contribution in [2.75, 3.05) is 6.61 Å². The molecule has 0 aliphatic carbocycles. The van der Waals surface area contributed by atoms with Gasteiger partial charge in [-0.25, -0.2) is 0 Å². The second-order valence-corrected chi connectivity index (χ2v) is 4.25. The fourth-order valence-corrected chi connectivity index (χ4v) is 2.33. The lowest BCUT2D eigenvalue weighted by molar-refractivity contribution is 0.0534. The number of rotatable bonds is 6. The molecule has 1 rings (SSSR count). The fraction of sp³-hybridized carbons (Fsp3) is 0.833. The lowest BCUT2D eigenvalue weighted by Gasteiger charge is -2.17. The van der Waals surface area contributed by atoms with E-state index < -0.39 is 0 Å². The van der Waals surface area contributed by atoms with E-state index >= 15 is 0 Å². The first kappa shape index (κ1) is 11.7. The molecule has 0 radical (unpaired) electrons. The molecule has 0 spiro atoms. The fourth-order valence-electron chi connectivity index (χ4n) is 2.33. The largest absolute Gasteiger partial charge is 0.379 e. The quantitative estimate of drug-likeness (QED) is 0.483. The first-order valence-electron chi connectivity index (χ1n) is 5.49. The first-order chi connectivity index (χ1) is 6.53. The Labute approximate surface area is 87.3 Å². The van der Waals surface area contributed by atoms with Crippen molar-refractivity contribution in [3.05, 3.63) is 12.7 Å². The van der Waals surface area contributed by atoms with E-state index in [0.29, 0.717) is 0 Å². The van der Waals surface area contributed by atoms with Crippen LogP contribution in [0, 0.1) is 0 Å². The van der Waals surface area contributed by atoms with Crippen molar-refractivity contribution in [1.82, 2.24) is 0 Å². The van der Waals surface area contributed by atoms with Crippen molar-refractivity contribution in [1.29, 1.82) is 0 Å². The second-order valence-electron chi connectivity index (χ2n) is 4.25. The predicted octanol–water partition coefficient (Wildman–Crippen LogP) is 2.93. The van der Waals surface area contributed by atoms with E-state index in [-0.39, 0.29) is 17.3 Å². The van der Waals surface area contributed by atoms with Gasteiger partial charge < -0.3 is 9.47 Å². The van der Waals surface area contributed by atoms with Crippen molar-refractivity contribution in [2.24, 2.45) is 0 Å². The molecule has 2 nitrogen and oxygen atoms in total. The van der Waals surface area contributed by atoms with Gasteiger partial charge in [0.15, 0.2) is 0 Å². The van der Waals surface area contributed by atoms with E-state index in [1.165, 1.54) is 0 Å². The molecule has 0 bridgehead atoms. The van der Waals surface area contributed by atoms with E-state index in [4.69, 9.17) is 9.47 Å². The zero-order chi connectivity index (χ0) is 10.8. The summed E-state index contributed by atoms with van der Waals surface area (Å²) in [4.78, 5) is 0. The average molecular weight is 198 g/mol. The van der Waals surface area contributed by atoms with Gasteiger partial charge in [0.25, 0.3) is 0 Å². The van der Waals surface area contributed by atoms with Crippen molar-refractivity contribution in [2.45, 2.75) is 57.8 Å². The van der Waals surface area contributed by atoms with Crippen molar-refractivity contribution < 1.29 is 9.47 Å². The van der Waals surface area contributed by atoms with Gasteiger partial charge in [-0.3, -0.25) is 0 Å². The predicted molar refractivity (Wildman–Crippen MR) is 58.4 cm³/mol. The van der Waals surface area contributed by atoms with E-state index in [0.717, 1.165) is 19.4 Å². The van der Waals surface area contributed by atoms with Gasteiger partial charge in [0.05, 0.1) is 6.10 Å². The van der Waals surface area contributed by atoms with Crippen LogP contribution in [0.4, 0.5) is 0 Å². The zero-order valence-electron chi connectivity index (χ0n) is 9.80. The summed E-state index contributed by atoms with van der Waals surface area (Å²) in [6.07, 6.45) is 4.14. The number of ether oxygens (including phenoxy) is 2. The molecule has 2 unspecified atom stereocenters. The summed E-state index contributed by atoms with van der Waals surface area (Å²) in [6.45, 7) is 13.0. The van der Waals surface area contributed by atoms with Gasteiger partial charge in [-0.15, -0.1) is 6.58 Å². The van der Waals surface area contributed by atoms with Gasteiger partial charge in [-0.1, -0.05) is 13.0 Å². The highest BCUT2D eigenvalue weighted by Gasteiger charge is 2.63. The Balaban J connectivity index is 2.50. The normalized spacial score (nSPS) is 38.0. The van der Waals surface area contributed by atoms with Crippen LogP contribution < -0.4 is 0 Å². The highest BCUT2D eigenvalue weighted by Crippen LogP contribution is 2.54. The van der Waals surface area contributed by atoms with E-state index in [2.05, 4.69) is 27.4 Å². The summed E-state index contributed by atoms with van der Waals surface area (Å²) in [5.74, 6) is 0. The molecule has 0 N–H and O–H groups in total. The maximum absolute atomic E-state index is 5.81. The van der Waals surface area contributed by atoms with Crippen molar-refractivity contribution in [3.63, 3.8) is 0 Å². The molecule has 1 aliphatic rings. The van der Waals surface area contributed by atoms with E-state index in [9.17, 15) is 0 Å². The minimum atomic E-state index is -0.0988. The Bertz CT molecular complexity index is 214. The van der Waals surface area contributed by atoms with Crippen LogP contribution in [0.1, 0.15) is 40.5 Å². The molecular formula is C12H22O2. The third kappa shape index (κ3) is 1.86. The number of hydrogen-bond acceptors (Lipinski definition) is 2. The first-order valence-corrected chi connectivity index (χ1v) is 5.49. The molecule has 2 heteroatoms. The molecule has 0 aromatic rings. The molecule has 1 aliphatic heterocycles. The summed E-state index contributed by atoms with van der Waals surface area (Å²) in [5.41, 5.74) is -0.156. The summed E-state index contributed by atoms with van der Waals surface area (Å²) >= 11 is 0. The highest BCUT2D eigenvalue weighted by molar-refractivity contribution is 5.22. The Morgan fingerprint density at radius 3 is 2.50 bits per heavy atom. The summed E-state index contributed by atoms with van der Waals surface area (Å²) in [7, 11) is 0. The Morgan fingerprint density at radius 1 is 1.50 bits per heavy atom. The lowest BCUT2D eigenvalue weighted by Crippen LogP contribution is -2.25. The molecule has 1 heterocycles. The van der Waals surface area contributed by atoms with Gasteiger partial charge in [0.2, 0.25) is 0 Å². The Morgan fingerprint density at radius 2 is 2.14 bits per heavy atom. The molecule has 14 heavy (non-hydrogen) atoms. The molecule has 82 valence electrons. The molecule has 1 saturated heterocycles. The van der Waals surface area contributed by atoms with Crippen molar-refractivity contribution in [3.8, 4) is 0 Å². The molecule has 0 amide bonds. The standard InChI is InChI=1S/C12H22O2/c1-6-12(7-2)11(5,14-12)9-10(4)13-8-3/h6,10H,1,7-9H2,2-5H3/t10-,11?,12?/m0/s1. The minimum absolute atomic E-state index is 0.0575. The molecule has 1 fully saturated rings. The van der Waals surface area contributed by atoms with Gasteiger partial charge in [0, 0.05) is 13.0 Å². The van der Waals surface area contributed by atoms with Gasteiger partial charge in [-0.2, -0.15) is 0 Å². The summed E-state index contributed by atoms with van der Waals surface area (Å²) < 4.78 is 11.3. The van der Waals surface area contributed by atoms with E-state index in [1.807, 2.05) is 13.0 Å². The molecule has 3 atom stereocenters. The summed E-state index contributed by atoms with van der Waals surface area (Å²) in [5, 5.41) is 0. The van der Waals surface area contributed by atoms with Crippen LogP contribution in [0.25, 0.3) is 0 Å². The monoisotopic (exact) mass is 198 g/mol. The van der Waals surface area contributed by atoms with Gasteiger partial charge in [0.1, 0.15) is 11.2 Å². The van der Waals surface area contributed by atoms with Crippen LogP contribution in [0.2, 0.25) is 0 Å². The molecule has 0 aromatic heterocycles. The number of epoxide rings is 1. The van der Waals surface area contributed by atoms with Crippen LogP contribution in [0.3, 0.4) is 0 Å². The van der Waals surface area contributed by atoms with E-state index in [1.54, 1.807) is 0 Å². The average Bonchev–Trinajstić information content (AvgIpc) is 2.72. The van der Waals surface area contributed by atoms with Crippen LogP contribution in [0.15, 0.2) is 12.7 Å². The molecular weight excluding hydrogens is 176 g/mol. The Hall–Kier alpha value is -0.340. The maximum atomic E-state index is 5.81. The van der Waals surface area contributed by atoms with Crippen LogP contribution in [-0.2, 0) is 9.47 Å². The van der Waals surface area contributed by atoms with Crippen LogP contribution in [-0.4, -0.2) is 23.9 Å². The highest BCUT2D eigenvalue weighted by atomic mass is 16.6. The lowest BCUT2D eigenvalue weighted by atomic mass is 9.87. The maximum Gasteiger partial charge on any atom is 0.115 e. The third-order valence-electron chi connectivity index (χ3n) is 3.24. The zero-order valence-corrected chi connectivity index (χ0v) is 9.80. The Kier molecular flexibility index (Phi) is 3.38. The van der Waals surface area contributed by atoms with Crippen LogP contribution in [0.5, 0.6) is 0 Å². The second kappa shape index (κ2) is 4.03. The molecule has 0 aromatic carbocycles. The summed E-state index contributed by atoms with van der Waals surface area (Å²) in [6, 6.07) is 0. The topological polar surface area (TPSA) is 21.8 Å².